The lowest BCUT2D eigenvalue weighted by Gasteiger charge is -2.30. The smallest absolute Gasteiger partial charge is 0.262 e. The number of nitrogens with zero attached hydrogens (tertiary/aromatic N) is 1. The minimum absolute atomic E-state index is 0.183. The number of benzene rings is 2. The van der Waals surface area contributed by atoms with Gasteiger partial charge in [-0.25, -0.2) is 12.8 Å². The van der Waals surface area contributed by atoms with Gasteiger partial charge in [0, 0.05) is 19.2 Å². The van der Waals surface area contributed by atoms with E-state index in [0.717, 1.165) is 0 Å². The van der Waals surface area contributed by atoms with Gasteiger partial charge in [-0.15, -0.1) is 0 Å². The normalized spacial score (nSPS) is 15.3. The zero-order chi connectivity index (χ0) is 17.2. The molecule has 1 saturated heterocycles. The van der Waals surface area contributed by atoms with E-state index in [4.69, 9.17) is 4.74 Å². The topological polar surface area (TPSA) is 58.6 Å². The zero-order valence-corrected chi connectivity index (χ0v) is 14.1. The highest BCUT2D eigenvalue weighted by Crippen LogP contribution is 2.30. The van der Waals surface area contributed by atoms with Crippen LogP contribution in [0.25, 0.3) is 0 Å². The number of sulfonamides is 1. The lowest BCUT2D eigenvalue weighted by atomic mass is 10.2. The summed E-state index contributed by atoms with van der Waals surface area (Å²) in [7, 11) is -3.80. The van der Waals surface area contributed by atoms with Gasteiger partial charge in [0.2, 0.25) is 0 Å². The van der Waals surface area contributed by atoms with Gasteiger partial charge in [-0.2, -0.15) is 0 Å². The van der Waals surface area contributed by atoms with Crippen molar-refractivity contribution in [2.24, 2.45) is 0 Å². The van der Waals surface area contributed by atoms with E-state index in [0.29, 0.717) is 37.6 Å². The van der Waals surface area contributed by atoms with Crippen LogP contribution in [0.3, 0.4) is 0 Å². The van der Waals surface area contributed by atoms with Crippen LogP contribution in [0, 0.1) is 12.7 Å². The molecular weight excluding hydrogens is 331 g/mol. The molecule has 0 radical (unpaired) electrons. The molecule has 0 aliphatic carbocycles. The van der Waals surface area contributed by atoms with Crippen molar-refractivity contribution in [3.63, 3.8) is 0 Å². The number of anilines is 2. The van der Waals surface area contributed by atoms with E-state index in [1.165, 1.54) is 18.2 Å². The predicted molar refractivity (Wildman–Crippen MR) is 91.4 cm³/mol. The van der Waals surface area contributed by atoms with Crippen LogP contribution >= 0.6 is 0 Å². The second-order valence-electron chi connectivity index (χ2n) is 5.63. The van der Waals surface area contributed by atoms with Gasteiger partial charge in [0.05, 0.1) is 29.5 Å². The van der Waals surface area contributed by atoms with E-state index in [1.807, 2.05) is 4.90 Å². The Hall–Kier alpha value is -2.12. The fraction of sp³-hybridized carbons (Fsp3) is 0.294. The third-order valence-electron chi connectivity index (χ3n) is 3.94. The van der Waals surface area contributed by atoms with Gasteiger partial charge in [-0.05, 0) is 30.7 Å². The molecule has 3 rings (SSSR count). The molecule has 0 spiro atoms. The van der Waals surface area contributed by atoms with Gasteiger partial charge in [0.1, 0.15) is 5.82 Å². The Bertz CT molecular complexity index is 833. The molecule has 7 heteroatoms. The van der Waals surface area contributed by atoms with E-state index in [-0.39, 0.29) is 10.6 Å². The fourth-order valence-electron chi connectivity index (χ4n) is 2.73. The van der Waals surface area contributed by atoms with Crippen LogP contribution in [-0.4, -0.2) is 34.7 Å². The predicted octanol–water partition coefficient (Wildman–Crippen LogP) is 2.77. The first-order valence-corrected chi connectivity index (χ1v) is 9.16. The van der Waals surface area contributed by atoms with Crippen LogP contribution in [0.4, 0.5) is 15.8 Å². The first-order valence-electron chi connectivity index (χ1n) is 7.68. The molecule has 2 aromatic rings. The van der Waals surface area contributed by atoms with Crippen molar-refractivity contribution in [1.82, 2.24) is 0 Å². The largest absolute Gasteiger partial charge is 0.378 e. The Morgan fingerprint density at radius 2 is 1.83 bits per heavy atom. The van der Waals surface area contributed by atoms with Crippen LogP contribution in [0.5, 0.6) is 0 Å². The highest BCUT2D eigenvalue weighted by molar-refractivity contribution is 7.92. The summed E-state index contributed by atoms with van der Waals surface area (Å²) in [5, 5.41) is 0. The van der Waals surface area contributed by atoms with Gasteiger partial charge < -0.3 is 9.64 Å². The van der Waals surface area contributed by atoms with Gasteiger partial charge in [-0.1, -0.05) is 18.2 Å². The van der Waals surface area contributed by atoms with E-state index in [2.05, 4.69) is 4.72 Å². The molecule has 128 valence electrons. The summed E-state index contributed by atoms with van der Waals surface area (Å²) in [5.74, 6) is -0.491. The van der Waals surface area contributed by atoms with Crippen LogP contribution in [-0.2, 0) is 14.8 Å². The van der Waals surface area contributed by atoms with E-state index in [9.17, 15) is 12.8 Å². The molecule has 5 nitrogen and oxygen atoms in total. The monoisotopic (exact) mass is 350 g/mol. The molecule has 1 aliphatic rings. The zero-order valence-electron chi connectivity index (χ0n) is 13.3. The summed E-state index contributed by atoms with van der Waals surface area (Å²) in [5.41, 5.74) is 1.52. The minimum Gasteiger partial charge on any atom is -0.378 e. The van der Waals surface area contributed by atoms with Gasteiger partial charge >= 0.3 is 0 Å². The average molecular weight is 350 g/mol. The van der Waals surface area contributed by atoms with Crippen LogP contribution in [0.2, 0.25) is 0 Å². The quantitative estimate of drug-likeness (QED) is 0.921. The molecule has 0 bridgehead atoms. The van der Waals surface area contributed by atoms with Crippen molar-refractivity contribution in [3.8, 4) is 0 Å². The molecule has 0 unspecified atom stereocenters. The molecule has 1 N–H and O–H groups in total. The Morgan fingerprint density at radius 1 is 1.12 bits per heavy atom. The maximum Gasteiger partial charge on any atom is 0.262 e. The maximum atomic E-state index is 13.7. The van der Waals surface area contributed by atoms with Gasteiger partial charge in [0.15, 0.2) is 0 Å². The number of morpholine rings is 1. The number of nitrogens with one attached hydrogen (secondary N) is 1. The standard InChI is InChI=1S/C17H19FN2O3S/c1-13-4-2-3-5-17(13)24(21,22)19-15-12-14(18)6-7-16(15)20-8-10-23-11-9-20/h2-7,12,19H,8-11H2,1H3. The molecule has 1 fully saturated rings. The third-order valence-corrected chi connectivity index (χ3v) is 5.46. The average Bonchev–Trinajstić information content (AvgIpc) is 2.55. The third kappa shape index (κ3) is 3.52. The number of ether oxygens (including phenoxy) is 1. The molecule has 1 heterocycles. The first-order chi connectivity index (χ1) is 11.5. The molecule has 2 aromatic carbocycles. The number of aryl methyl sites for hydroxylation is 1. The second-order valence-corrected chi connectivity index (χ2v) is 7.28. The Labute approximate surface area is 141 Å². The molecule has 0 atom stereocenters. The summed E-state index contributed by atoms with van der Waals surface area (Å²) in [6, 6.07) is 10.8. The highest BCUT2D eigenvalue weighted by Gasteiger charge is 2.21. The van der Waals surface area contributed by atoms with Gasteiger partial charge in [0.25, 0.3) is 10.0 Å². The van der Waals surface area contributed by atoms with Crippen molar-refractivity contribution in [2.75, 3.05) is 35.9 Å². The summed E-state index contributed by atoms with van der Waals surface area (Å²) < 4.78 is 46.9. The van der Waals surface area contributed by atoms with Crippen molar-refractivity contribution < 1.29 is 17.5 Å². The lowest BCUT2D eigenvalue weighted by Crippen LogP contribution is -2.36. The SMILES string of the molecule is Cc1ccccc1S(=O)(=O)Nc1cc(F)ccc1N1CCOCC1. The number of hydrogen-bond acceptors (Lipinski definition) is 4. The Morgan fingerprint density at radius 3 is 2.54 bits per heavy atom. The second kappa shape index (κ2) is 6.78. The maximum absolute atomic E-state index is 13.7. The summed E-state index contributed by atoms with van der Waals surface area (Å²) >= 11 is 0. The summed E-state index contributed by atoms with van der Waals surface area (Å²) in [6.45, 7) is 4.10. The Kier molecular flexibility index (Phi) is 4.73. The first kappa shape index (κ1) is 16.7. The number of rotatable bonds is 4. The molecule has 24 heavy (non-hydrogen) atoms. The van der Waals surface area contributed by atoms with Crippen LogP contribution < -0.4 is 9.62 Å². The minimum atomic E-state index is -3.80. The van der Waals surface area contributed by atoms with E-state index < -0.39 is 15.8 Å². The molecule has 0 saturated carbocycles. The van der Waals surface area contributed by atoms with Gasteiger partial charge in [-0.3, -0.25) is 4.72 Å². The summed E-state index contributed by atoms with van der Waals surface area (Å²) in [4.78, 5) is 2.17. The van der Waals surface area contributed by atoms with Crippen molar-refractivity contribution >= 4 is 21.4 Å². The number of hydrogen-bond donors (Lipinski definition) is 1. The molecular formula is C17H19FN2O3S. The van der Waals surface area contributed by atoms with Crippen LogP contribution in [0.15, 0.2) is 47.4 Å². The van der Waals surface area contributed by atoms with Crippen LogP contribution in [0.1, 0.15) is 5.56 Å². The number of halogens is 1. The molecule has 0 amide bonds. The van der Waals surface area contributed by atoms with E-state index >= 15 is 0 Å². The Balaban J connectivity index is 1.97. The summed E-state index contributed by atoms with van der Waals surface area (Å²) in [6.07, 6.45) is 0. The van der Waals surface area contributed by atoms with Crippen molar-refractivity contribution in [3.05, 3.63) is 53.8 Å². The molecule has 1 aliphatic heterocycles. The highest BCUT2D eigenvalue weighted by atomic mass is 32.2. The van der Waals surface area contributed by atoms with Crippen molar-refractivity contribution in [1.29, 1.82) is 0 Å². The van der Waals surface area contributed by atoms with Crippen molar-refractivity contribution in [2.45, 2.75) is 11.8 Å². The van der Waals surface area contributed by atoms with E-state index in [1.54, 1.807) is 31.2 Å². The molecule has 0 aromatic heterocycles. The fourth-order valence-corrected chi connectivity index (χ4v) is 4.04. The lowest BCUT2D eigenvalue weighted by molar-refractivity contribution is 0.123.